The number of benzene rings is 1. The average molecular weight is 465 g/mol. The zero-order valence-corrected chi connectivity index (χ0v) is 18.6. The third kappa shape index (κ3) is 5.69. The summed E-state index contributed by atoms with van der Waals surface area (Å²) in [5.74, 6) is -0.133. The Hall–Kier alpha value is -2.39. The number of ether oxygens (including phenoxy) is 1. The first-order valence-electron chi connectivity index (χ1n) is 10.4. The molecule has 4 rings (SSSR count). The molecule has 2 atom stereocenters. The Morgan fingerprint density at radius 2 is 1.94 bits per heavy atom. The van der Waals surface area contributed by atoms with Gasteiger partial charge in [0.1, 0.15) is 11.6 Å². The molecule has 32 heavy (non-hydrogen) atoms. The molecule has 0 spiro atoms. The Labute approximate surface area is 192 Å². The zero-order valence-electron chi connectivity index (χ0n) is 17.8. The molecule has 1 saturated heterocycles. The summed E-state index contributed by atoms with van der Waals surface area (Å²) in [5, 5.41) is 13.8. The second-order valence-corrected chi connectivity index (χ2v) is 7.90. The summed E-state index contributed by atoms with van der Waals surface area (Å²) in [6.07, 6.45) is 1.25. The first-order valence-corrected chi connectivity index (χ1v) is 10.4. The third-order valence-electron chi connectivity index (χ3n) is 5.76. The Balaban J connectivity index is 0.00000289. The first-order chi connectivity index (χ1) is 15.0. The predicted octanol–water partition coefficient (Wildman–Crippen LogP) is 2.96. The summed E-state index contributed by atoms with van der Waals surface area (Å²) in [6, 6.07) is 9.85. The molecule has 9 heteroatoms. The number of fused-ring (bicyclic) bond motifs is 1. The number of hydrogen-bond acceptors (Lipinski definition) is 6. The van der Waals surface area contributed by atoms with E-state index in [4.69, 9.17) is 4.74 Å². The van der Waals surface area contributed by atoms with Gasteiger partial charge in [-0.3, -0.25) is 4.98 Å². The van der Waals surface area contributed by atoms with Crippen molar-refractivity contribution < 1.29 is 18.6 Å². The molecule has 2 N–H and O–H groups in total. The first kappa shape index (κ1) is 24.3. The van der Waals surface area contributed by atoms with Gasteiger partial charge in [-0.1, -0.05) is 12.1 Å². The van der Waals surface area contributed by atoms with Crippen molar-refractivity contribution in [3.05, 3.63) is 65.4 Å². The van der Waals surface area contributed by atoms with E-state index in [1.54, 1.807) is 24.3 Å². The van der Waals surface area contributed by atoms with Crippen LogP contribution in [0.3, 0.4) is 0 Å². The molecule has 2 aromatic heterocycles. The van der Waals surface area contributed by atoms with Crippen LogP contribution in [-0.4, -0.2) is 59.4 Å². The number of rotatable bonds is 8. The van der Waals surface area contributed by atoms with Crippen molar-refractivity contribution >= 4 is 23.4 Å². The van der Waals surface area contributed by atoms with E-state index in [1.165, 1.54) is 25.4 Å². The summed E-state index contributed by atoms with van der Waals surface area (Å²) in [5.41, 5.74) is 2.64. The van der Waals surface area contributed by atoms with Crippen LogP contribution >= 0.6 is 12.4 Å². The van der Waals surface area contributed by atoms with Crippen molar-refractivity contribution in [2.75, 3.05) is 33.3 Å². The van der Waals surface area contributed by atoms with Crippen LogP contribution in [0.4, 0.5) is 8.78 Å². The molecule has 3 heterocycles. The number of methoxy groups -OCH3 is 1. The summed E-state index contributed by atoms with van der Waals surface area (Å²) in [7, 11) is 1.52. The van der Waals surface area contributed by atoms with Gasteiger partial charge in [0.25, 0.3) is 0 Å². The largest absolute Gasteiger partial charge is 0.481 e. The van der Waals surface area contributed by atoms with Gasteiger partial charge in [0.15, 0.2) is 0 Å². The van der Waals surface area contributed by atoms with Gasteiger partial charge in [0.05, 0.1) is 30.4 Å². The Bertz CT molecular complexity index is 1040. The van der Waals surface area contributed by atoms with E-state index in [2.05, 4.69) is 20.2 Å². The predicted molar refractivity (Wildman–Crippen MR) is 121 cm³/mol. The van der Waals surface area contributed by atoms with E-state index >= 15 is 0 Å². The van der Waals surface area contributed by atoms with Gasteiger partial charge in [-0.25, -0.2) is 13.8 Å². The van der Waals surface area contributed by atoms with Crippen LogP contribution in [0.5, 0.6) is 5.88 Å². The van der Waals surface area contributed by atoms with E-state index in [9.17, 15) is 13.9 Å². The molecule has 0 radical (unpaired) electrons. The van der Waals surface area contributed by atoms with Gasteiger partial charge >= 0.3 is 0 Å². The summed E-state index contributed by atoms with van der Waals surface area (Å²) in [4.78, 5) is 10.6. The average Bonchev–Trinajstić information content (AvgIpc) is 3.13. The number of pyridine rings is 2. The number of β-amino-alcohol motifs (C(OH)–C–C–N with tert-alkyl or cyclic N) is 1. The van der Waals surface area contributed by atoms with Gasteiger partial charge in [0, 0.05) is 50.3 Å². The molecule has 1 aromatic carbocycles. The summed E-state index contributed by atoms with van der Waals surface area (Å²) in [6.45, 7) is 3.15. The van der Waals surface area contributed by atoms with Crippen LogP contribution in [0.25, 0.3) is 11.0 Å². The highest BCUT2D eigenvalue weighted by molar-refractivity contribution is 5.85. The second kappa shape index (κ2) is 11.0. The fourth-order valence-electron chi connectivity index (χ4n) is 4.03. The summed E-state index contributed by atoms with van der Waals surface area (Å²) < 4.78 is 32.7. The number of hydrogen-bond donors (Lipinski definition) is 2. The highest BCUT2D eigenvalue weighted by Crippen LogP contribution is 2.23. The Morgan fingerprint density at radius 3 is 2.69 bits per heavy atom. The summed E-state index contributed by atoms with van der Waals surface area (Å²) >= 11 is 0. The maximum Gasteiger partial charge on any atom is 0.213 e. The molecule has 1 aliphatic rings. The lowest BCUT2D eigenvalue weighted by Gasteiger charge is -2.17. The van der Waals surface area contributed by atoms with Crippen molar-refractivity contribution in [2.24, 2.45) is 5.92 Å². The SMILES string of the molecule is COc1ccc2ncc(F)c(CCN3C[C@H](CNCc4ccc(F)cc4)[C@H](O)C3)c2n1.Cl. The molecule has 0 saturated carbocycles. The number of nitrogens with zero attached hydrogens (tertiary/aromatic N) is 3. The van der Waals surface area contributed by atoms with Crippen molar-refractivity contribution in [1.29, 1.82) is 0 Å². The number of aliphatic hydroxyl groups excluding tert-OH is 1. The van der Waals surface area contributed by atoms with Crippen molar-refractivity contribution in [3.8, 4) is 5.88 Å². The molecule has 0 aliphatic carbocycles. The number of nitrogens with one attached hydrogen (secondary N) is 1. The maximum absolute atomic E-state index is 14.5. The van der Waals surface area contributed by atoms with Crippen LogP contribution in [0.2, 0.25) is 0 Å². The van der Waals surface area contributed by atoms with Crippen LogP contribution in [0.1, 0.15) is 11.1 Å². The van der Waals surface area contributed by atoms with Crippen LogP contribution in [0.15, 0.2) is 42.6 Å². The second-order valence-electron chi connectivity index (χ2n) is 7.90. The lowest BCUT2D eigenvalue weighted by Crippen LogP contribution is -2.30. The molecule has 1 aliphatic heterocycles. The fraction of sp³-hybridized carbons (Fsp3) is 0.391. The minimum Gasteiger partial charge on any atom is -0.481 e. The molecule has 0 unspecified atom stereocenters. The van der Waals surface area contributed by atoms with E-state index in [1.807, 2.05) is 0 Å². The van der Waals surface area contributed by atoms with Gasteiger partial charge in [-0.15, -0.1) is 12.4 Å². The molecule has 6 nitrogen and oxygen atoms in total. The topological polar surface area (TPSA) is 70.5 Å². The van der Waals surface area contributed by atoms with Crippen LogP contribution < -0.4 is 10.1 Å². The fourth-order valence-corrected chi connectivity index (χ4v) is 4.03. The number of halogens is 3. The quantitative estimate of drug-likeness (QED) is 0.534. The molecular formula is C23H27ClF2N4O2. The van der Waals surface area contributed by atoms with Crippen LogP contribution in [0, 0.1) is 17.6 Å². The van der Waals surface area contributed by atoms with Gasteiger partial charge in [0.2, 0.25) is 5.88 Å². The minimum atomic E-state index is -0.446. The normalized spacial score (nSPS) is 18.6. The van der Waals surface area contributed by atoms with E-state index < -0.39 is 6.10 Å². The lowest BCUT2D eigenvalue weighted by atomic mass is 10.1. The van der Waals surface area contributed by atoms with E-state index in [0.29, 0.717) is 55.1 Å². The molecule has 0 bridgehead atoms. The van der Waals surface area contributed by atoms with Crippen molar-refractivity contribution in [3.63, 3.8) is 0 Å². The molecular weight excluding hydrogens is 438 g/mol. The molecule has 1 fully saturated rings. The van der Waals surface area contributed by atoms with Gasteiger partial charge in [-0.05, 0) is 30.2 Å². The zero-order chi connectivity index (χ0) is 21.8. The monoisotopic (exact) mass is 464 g/mol. The molecule has 3 aromatic rings. The van der Waals surface area contributed by atoms with E-state index in [-0.39, 0.29) is 30.0 Å². The minimum absolute atomic E-state index is 0. The van der Waals surface area contributed by atoms with Gasteiger partial charge < -0.3 is 20.1 Å². The standard InChI is InChI=1S/C23H26F2N4O2.ClH/c1-31-22-7-6-20-23(28-22)18(19(25)12-27-20)8-9-29-13-16(21(30)14-29)11-26-10-15-2-4-17(24)5-3-15;/h2-7,12,16,21,26,30H,8-11,13-14H2,1H3;1H/t16-,21+;/m0./s1. The third-order valence-corrected chi connectivity index (χ3v) is 5.76. The van der Waals surface area contributed by atoms with Crippen molar-refractivity contribution in [1.82, 2.24) is 20.2 Å². The molecule has 172 valence electrons. The van der Waals surface area contributed by atoms with Gasteiger partial charge in [-0.2, -0.15) is 0 Å². The lowest BCUT2D eigenvalue weighted by molar-refractivity contribution is 0.140. The Kier molecular flexibility index (Phi) is 8.31. The highest BCUT2D eigenvalue weighted by atomic mass is 35.5. The highest BCUT2D eigenvalue weighted by Gasteiger charge is 2.30. The molecule has 0 amide bonds. The number of likely N-dealkylation sites (tertiary alicyclic amines) is 1. The van der Waals surface area contributed by atoms with Crippen LogP contribution in [-0.2, 0) is 13.0 Å². The van der Waals surface area contributed by atoms with Crippen molar-refractivity contribution in [2.45, 2.75) is 19.1 Å². The maximum atomic E-state index is 14.5. The smallest absolute Gasteiger partial charge is 0.213 e. The number of aliphatic hydroxyl groups is 1. The Morgan fingerprint density at radius 1 is 1.16 bits per heavy atom. The van der Waals surface area contributed by atoms with E-state index in [0.717, 1.165) is 12.1 Å². The number of aromatic nitrogens is 2.